The number of nitrogens with zero attached hydrogens (tertiary/aromatic N) is 4. The first-order chi connectivity index (χ1) is 11.8. The molecular formula is C16H15N5O3. The number of imidazole rings is 1. The lowest BCUT2D eigenvalue weighted by Crippen LogP contribution is -2.36. The molecule has 0 atom stereocenters. The van der Waals surface area contributed by atoms with Crippen molar-refractivity contribution >= 4 is 5.91 Å². The van der Waals surface area contributed by atoms with Gasteiger partial charge in [0.25, 0.3) is 5.91 Å². The van der Waals surface area contributed by atoms with Gasteiger partial charge in [-0.25, -0.2) is 4.98 Å². The largest absolute Gasteiger partial charge is 0.486 e. The molecule has 1 aliphatic rings. The Morgan fingerprint density at radius 2 is 2.33 bits per heavy atom. The third-order valence-corrected chi connectivity index (χ3v) is 3.93. The molecule has 4 heterocycles. The van der Waals surface area contributed by atoms with Crippen LogP contribution >= 0.6 is 0 Å². The summed E-state index contributed by atoms with van der Waals surface area (Å²) in [6, 6.07) is 3.63. The third-order valence-electron chi connectivity index (χ3n) is 3.93. The highest BCUT2D eigenvalue weighted by atomic mass is 16.5. The first kappa shape index (κ1) is 14.4. The summed E-state index contributed by atoms with van der Waals surface area (Å²) in [5.74, 6) is 1.39. The molecule has 1 aliphatic heterocycles. The lowest BCUT2D eigenvalue weighted by molar-refractivity contribution is 0.0723. The van der Waals surface area contributed by atoms with Gasteiger partial charge in [0.15, 0.2) is 0 Å². The fraction of sp³-hybridized carbons (Fsp3) is 0.250. The molecular weight excluding hydrogens is 310 g/mol. The Kier molecular flexibility index (Phi) is 3.70. The molecule has 1 amide bonds. The fourth-order valence-corrected chi connectivity index (χ4v) is 2.68. The average molecular weight is 325 g/mol. The molecule has 0 saturated carbocycles. The van der Waals surface area contributed by atoms with Crippen LogP contribution in [0.15, 0.2) is 41.6 Å². The summed E-state index contributed by atoms with van der Waals surface area (Å²) < 4.78 is 11.1. The summed E-state index contributed by atoms with van der Waals surface area (Å²) >= 11 is 0. The number of hydrogen-bond donors (Lipinski definition) is 1. The Hall–Kier alpha value is -3.16. The summed E-state index contributed by atoms with van der Waals surface area (Å²) in [4.78, 5) is 24.9. The van der Waals surface area contributed by atoms with E-state index in [1.807, 2.05) is 6.07 Å². The molecule has 0 aliphatic carbocycles. The van der Waals surface area contributed by atoms with Crippen molar-refractivity contribution in [2.45, 2.75) is 19.6 Å². The number of hydrogen-bond acceptors (Lipinski definition) is 6. The topological polar surface area (TPSA) is 97.1 Å². The summed E-state index contributed by atoms with van der Waals surface area (Å²) in [6.07, 6.45) is 6.98. The van der Waals surface area contributed by atoms with Gasteiger partial charge in [-0.3, -0.25) is 9.78 Å². The van der Waals surface area contributed by atoms with Crippen LogP contribution in [0.2, 0.25) is 0 Å². The highest BCUT2D eigenvalue weighted by Crippen LogP contribution is 2.24. The van der Waals surface area contributed by atoms with Crippen LogP contribution in [-0.2, 0) is 19.6 Å². The van der Waals surface area contributed by atoms with Gasteiger partial charge in [0, 0.05) is 24.7 Å². The van der Waals surface area contributed by atoms with E-state index in [1.54, 1.807) is 23.4 Å². The zero-order chi connectivity index (χ0) is 16.4. The Balaban J connectivity index is 1.48. The van der Waals surface area contributed by atoms with Crippen molar-refractivity contribution in [2.75, 3.05) is 6.54 Å². The van der Waals surface area contributed by atoms with Gasteiger partial charge in [0.05, 0.1) is 25.3 Å². The van der Waals surface area contributed by atoms with Crippen molar-refractivity contribution in [3.05, 3.63) is 59.8 Å². The fourth-order valence-electron chi connectivity index (χ4n) is 2.68. The Bertz CT molecular complexity index is 829. The first-order valence-electron chi connectivity index (χ1n) is 7.58. The highest BCUT2D eigenvalue weighted by molar-refractivity contribution is 5.92. The molecule has 24 heavy (non-hydrogen) atoms. The molecule has 0 spiro atoms. The molecule has 8 heteroatoms. The van der Waals surface area contributed by atoms with Crippen LogP contribution in [0.25, 0.3) is 0 Å². The van der Waals surface area contributed by atoms with E-state index in [9.17, 15) is 4.79 Å². The minimum atomic E-state index is -0.0847. The van der Waals surface area contributed by atoms with Crippen LogP contribution in [0.4, 0.5) is 0 Å². The summed E-state index contributed by atoms with van der Waals surface area (Å²) in [5.41, 5.74) is 2.09. The first-order valence-corrected chi connectivity index (χ1v) is 7.58. The van der Waals surface area contributed by atoms with Gasteiger partial charge in [0.1, 0.15) is 29.5 Å². The Morgan fingerprint density at radius 1 is 1.38 bits per heavy atom. The quantitative estimate of drug-likeness (QED) is 0.782. The molecule has 122 valence electrons. The second-order valence-corrected chi connectivity index (χ2v) is 5.45. The van der Waals surface area contributed by atoms with Crippen LogP contribution in [0.1, 0.15) is 27.5 Å². The van der Waals surface area contributed by atoms with Crippen LogP contribution in [0, 0.1) is 0 Å². The number of carbonyl (C=O) groups excluding carboxylic acids is 1. The van der Waals surface area contributed by atoms with Crippen LogP contribution in [0.3, 0.4) is 0 Å². The van der Waals surface area contributed by atoms with E-state index in [-0.39, 0.29) is 12.5 Å². The number of rotatable bonds is 4. The second kappa shape index (κ2) is 6.15. The SMILES string of the molecule is O=C(c1cnc[nH]1)N1CCc2onc(COc3cccnc3)c2C1. The Labute approximate surface area is 137 Å². The lowest BCUT2D eigenvalue weighted by atomic mass is 10.1. The number of aromatic nitrogens is 4. The van der Waals surface area contributed by atoms with Gasteiger partial charge in [-0.2, -0.15) is 0 Å². The molecule has 3 aromatic rings. The van der Waals surface area contributed by atoms with E-state index in [1.165, 1.54) is 12.5 Å². The van der Waals surface area contributed by atoms with Crippen LogP contribution in [-0.4, -0.2) is 37.5 Å². The molecule has 0 unspecified atom stereocenters. The van der Waals surface area contributed by atoms with Crippen molar-refractivity contribution in [3.8, 4) is 5.75 Å². The normalized spacial score (nSPS) is 13.6. The van der Waals surface area contributed by atoms with Gasteiger partial charge < -0.3 is 19.1 Å². The van der Waals surface area contributed by atoms with Crippen molar-refractivity contribution in [2.24, 2.45) is 0 Å². The predicted molar refractivity (Wildman–Crippen MR) is 82.1 cm³/mol. The van der Waals surface area contributed by atoms with E-state index in [2.05, 4.69) is 20.1 Å². The minimum absolute atomic E-state index is 0.0847. The van der Waals surface area contributed by atoms with Gasteiger partial charge >= 0.3 is 0 Å². The number of fused-ring (bicyclic) bond motifs is 1. The number of aromatic amines is 1. The van der Waals surface area contributed by atoms with E-state index < -0.39 is 0 Å². The zero-order valence-corrected chi connectivity index (χ0v) is 12.8. The maximum Gasteiger partial charge on any atom is 0.272 e. The molecule has 0 bridgehead atoms. The number of H-pyrrole nitrogens is 1. The summed E-state index contributed by atoms with van der Waals surface area (Å²) in [6.45, 7) is 1.31. The number of amides is 1. The smallest absolute Gasteiger partial charge is 0.272 e. The van der Waals surface area contributed by atoms with Crippen LogP contribution in [0.5, 0.6) is 5.75 Å². The zero-order valence-electron chi connectivity index (χ0n) is 12.8. The molecule has 0 fully saturated rings. The monoisotopic (exact) mass is 325 g/mol. The molecule has 8 nitrogen and oxygen atoms in total. The second-order valence-electron chi connectivity index (χ2n) is 5.45. The van der Waals surface area contributed by atoms with Crippen molar-refractivity contribution in [1.29, 1.82) is 0 Å². The number of carbonyl (C=O) groups is 1. The molecule has 4 rings (SSSR count). The molecule has 0 saturated heterocycles. The van der Waals surface area contributed by atoms with E-state index in [0.29, 0.717) is 36.6 Å². The number of ether oxygens (including phenoxy) is 1. The highest BCUT2D eigenvalue weighted by Gasteiger charge is 2.28. The third kappa shape index (κ3) is 2.73. The number of pyridine rings is 1. The molecule has 1 N–H and O–H groups in total. The van der Waals surface area contributed by atoms with Gasteiger partial charge in [-0.05, 0) is 12.1 Å². The number of nitrogens with one attached hydrogen (secondary N) is 1. The van der Waals surface area contributed by atoms with Crippen LogP contribution < -0.4 is 4.74 Å². The molecule has 0 aromatic carbocycles. The van der Waals surface area contributed by atoms with E-state index >= 15 is 0 Å². The van der Waals surface area contributed by atoms with E-state index in [4.69, 9.17) is 9.26 Å². The molecule has 3 aromatic heterocycles. The summed E-state index contributed by atoms with van der Waals surface area (Å²) in [5, 5.41) is 4.09. The maximum absolute atomic E-state index is 12.4. The minimum Gasteiger partial charge on any atom is -0.486 e. The van der Waals surface area contributed by atoms with Gasteiger partial charge in [-0.1, -0.05) is 5.16 Å². The standard InChI is InChI=1S/C16H15N5O3/c22-16(13-7-18-10-19-13)21-5-3-15-12(8-21)14(20-24-15)9-23-11-2-1-4-17-6-11/h1-2,4,6-7,10H,3,5,8-9H2,(H,18,19). The van der Waals surface area contributed by atoms with Crippen molar-refractivity contribution in [1.82, 2.24) is 25.0 Å². The predicted octanol–water partition coefficient (Wildman–Crippen LogP) is 1.57. The Morgan fingerprint density at radius 3 is 3.12 bits per heavy atom. The summed E-state index contributed by atoms with van der Waals surface area (Å²) in [7, 11) is 0. The lowest BCUT2D eigenvalue weighted by Gasteiger charge is -2.25. The van der Waals surface area contributed by atoms with E-state index in [0.717, 1.165) is 11.3 Å². The van der Waals surface area contributed by atoms with Gasteiger partial charge in [0.2, 0.25) is 0 Å². The molecule has 0 radical (unpaired) electrons. The average Bonchev–Trinajstić information content (AvgIpc) is 3.30. The van der Waals surface area contributed by atoms with Crippen molar-refractivity contribution < 1.29 is 14.1 Å². The van der Waals surface area contributed by atoms with Gasteiger partial charge in [-0.15, -0.1) is 0 Å². The van der Waals surface area contributed by atoms with Crippen molar-refractivity contribution in [3.63, 3.8) is 0 Å². The maximum atomic E-state index is 12.4.